The lowest BCUT2D eigenvalue weighted by atomic mass is 9.96. The molecule has 0 bridgehead atoms. The van der Waals surface area contributed by atoms with Gasteiger partial charge < -0.3 is 4.57 Å². The van der Waals surface area contributed by atoms with E-state index in [4.69, 9.17) is 11.6 Å². The number of likely N-dealkylation sites (N-methyl/N-ethyl adjacent to an activating group) is 1. The molecule has 27 heavy (non-hydrogen) atoms. The molecule has 2 unspecified atom stereocenters. The Morgan fingerprint density at radius 1 is 1.26 bits per heavy atom. The van der Waals surface area contributed by atoms with Crippen molar-refractivity contribution in [2.75, 3.05) is 13.6 Å². The van der Waals surface area contributed by atoms with Gasteiger partial charge in [-0.3, -0.25) is 9.88 Å². The van der Waals surface area contributed by atoms with Crippen LogP contribution in [0.25, 0.3) is 10.9 Å². The minimum Gasteiger partial charge on any atom is -0.342 e. The van der Waals surface area contributed by atoms with Crippen LogP contribution in [0.1, 0.15) is 54.7 Å². The maximum absolute atomic E-state index is 6.36. The van der Waals surface area contributed by atoms with Crippen molar-refractivity contribution >= 4 is 22.5 Å². The largest absolute Gasteiger partial charge is 0.342 e. The van der Waals surface area contributed by atoms with Gasteiger partial charge >= 0.3 is 0 Å². The van der Waals surface area contributed by atoms with Crippen LogP contribution in [0, 0.1) is 6.92 Å². The molecule has 0 N–H and O–H groups in total. The van der Waals surface area contributed by atoms with E-state index in [1.807, 2.05) is 19.2 Å². The molecule has 1 aromatic carbocycles. The molecular weight excluding hydrogens is 354 g/mol. The zero-order chi connectivity index (χ0) is 19.1. The van der Waals surface area contributed by atoms with E-state index in [9.17, 15) is 0 Å². The number of fused-ring (bicyclic) bond motifs is 3. The van der Waals surface area contributed by atoms with Crippen LogP contribution in [0.3, 0.4) is 0 Å². The van der Waals surface area contributed by atoms with E-state index in [1.54, 1.807) is 0 Å². The van der Waals surface area contributed by atoms with Crippen LogP contribution in [0.15, 0.2) is 36.5 Å². The van der Waals surface area contributed by atoms with Gasteiger partial charge in [0.25, 0.3) is 0 Å². The predicted molar refractivity (Wildman–Crippen MR) is 114 cm³/mol. The Bertz CT molecular complexity index is 958. The van der Waals surface area contributed by atoms with Gasteiger partial charge in [-0.1, -0.05) is 31.5 Å². The molecule has 3 nitrogen and oxygen atoms in total. The number of halogens is 1. The maximum atomic E-state index is 6.36. The SMILES string of the molecule is CCC1c2c(c3cc(Cl)ccc3n2CC(C)c2ccc(C)nc2)CCN1C. The van der Waals surface area contributed by atoms with E-state index in [2.05, 4.69) is 59.6 Å². The molecule has 1 aliphatic heterocycles. The second-order valence-electron chi connectivity index (χ2n) is 7.92. The van der Waals surface area contributed by atoms with Crippen molar-refractivity contribution in [1.29, 1.82) is 0 Å². The summed E-state index contributed by atoms with van der Waals surface area (Å²) >= 11 is 6.36. The van der Waals surface area contributed by atoms with E-state index in [1.165, 1.54) is 27.7 Å². The standard InChI is InChI=1S/C23H28ClN3/c1-5-21-23-19(10-11-26(21)4)20-12-18(24)8-9-22(20)27(23)14-15(2)17-7-6-16(3)25-13-17/h6-9,12-13,15,21H,5,10-11,14H2,1-4H3. The van der Waals surface area contributed by atoms with Crippen LogP contribution in [0.4, 0.5) is 0 Å². The summed E-state index contributed by atoms with van der Waals surface area (Å²) in [5.41, 5.74) is 6.65. The number of nitrogens with zero attached hydrogens (tertiary/aromatic N) is 3. The molecular formula is C23H28ClN3. The van der Waals surface area contributed by atoms with Crippen molar-refractivity contribution in [1.82, 2.24) is 14.5 Å². The number of rotatable bonds is 4. The molecule has 4 heteroatoms. The smallest absolute Gasteiger partial charge is 0.0498 e. The molecule has 0 spiro atoms. The number of aryl methyl sites for hydroxylation is 1. The Labute approximate surface area is 167 Å². The molecule has 3 heterocycles. The molecule has 2 aromatic heterocycles. The van der Waals surface area contributed by atoms with E-state index in [0.717, 1.165) is 36.6 Å². The summed E-state index contributed by atoms with van der Waals surface area (Å²) in [6.45, 7) is 8.69. The molecule has 3 aromatic rings. The van der Waals surface area contributed by atoms with Gasteiger partial charge in [0.2, 0.25) is 0 Å². The zero-order valence-electron chi connectivity index (χ0n) is 16.7. The summed E-state index contributed by atoms with van der Waals surface area (Å²) in [7, 11) is 2.25. The topological polar surface area (TPSA) is 21.1 Å². The van der Waals surface area contributed by atoms with Crippen LogP contribution >= 0.6 is 11.6 Å². The average molecular weight is 382 g/mol. The second kappa shape index (κ2) is 7.29. The average Bonchev–Trinajstić information content (AvgIpc) is 2.95. The Balaban J connectivity index is 1.83. The fourth-order valence-electron chi connectivity index (χ4n) is 4.56. The lowest BCUT2D eigenvalue weighted by molar-refractivity contribution is 0.215. The Kier molecular flexibility index (Phi) is 5.00. The summed E-state index contributed by atoms with van der Waals surface area (Å²) < 4.78 is 2.55. The lowest BCUT2D eigenvalue weighted by Gasteiger charge is -2.34. The molecule has 0 saturated carbocycles. The van der Waals surface area contributed by atoms with Crippen LogP contribution in [0.2, 0.25) is 5.02 Å². The van der Waals surface area contributed by atoms with E-state index >= 15 is 0 Å². The zero-order valence-corrected chi connectivity index (χ0v) is 17.4. The molecule has 0 radical (unpaired) electrons. The van der Waals surface area contributed by atoms with Crippen LogP contribution in [0.5, 0.6) is 0 Å². The number of pyridine rings is 1. The molecule has 0 saturated heterocycles. The Morgan fingerprint density at radius 2 is 2.07 bits per heavy atom. The Morgan fingerprint density at radius 3 is 2.78 bits per heavy atom. The number of hydrogen-bond acceptors (Lipinski definition) is 2. The highest BCUT2D eigenvalue weighted by molar-refractivity contribution is 6.31. The molecule has 0 fully saturated rings. The van der Waals surface area contributed by atoms with Crippen LogP contribution < -0.4 is 0 Å². The van der Waals surface area contributed by atoms with Gasteiger partial charge in [0, 0.05) is 58.6 Å². The predicted octanol–water partition coefficient (Wildman–Crippen LogP) is 5.74. The van der Waals surface area contributed by atoms with Crippen molar-refractivity contribution in [3.8, 4) is 0 Å². The van der Waals surface area contributed by atoms with Gasteiger partial charge in [-0.2, -0.15) is 0 Å². The summed E-state index contributed by atoms with van der Waals surface area (Å²) in [4.78, 5) is 7.00. The number of benzene rings is 1. The van der Waals surface area contributed by atoms with Gasteiger partial charge in [0.15, 0.2) is 0 Å². The van der Waals surface area contributed by atoms with Crippen molar-refractivity contribution in [2.24, 2.45) is 0 Å². The maximum Gasteiger partial charge on any atom is 0.0498 e. The molecule has 0 aliphatic carbocycles. The minimum absolute atomic E-state index is 0.401. The van der Waals surface area contributed by atoms with Gasteiger partial charge in [-0.15, -0.1) is 0 Å². The van der Waals surface area contributed by atoms with E-state index in [-0.39, 0.29) is 0 Å². The summed E-state index contributed by atoms with van der Waals surface area (Å²) in [5, 5.41) is 2.16. The highest BCUT2D eigenvalue weighted by Crippen LogP contribution is 2.39. The lowest BCUT2D eigenvalue weighted by Crippen LogP contribution is -2.33. The van der Waals surface area contributed by atoms with E-state index in [0.29, 0.717) is 12.0 Å². The van der Waals surface area contributed by atoms with Crippen molar-refractivity contribution in [3.05, 3.63) is 64.1 Å². The first-order chi connectivity index (χ1) is 13.0. The summed E-state index contributed by atoms with van der Waals surface area (Å²) in [6, 6.07) is 11.2. The van der Waals surface area contributed by atoms with Crippen molar-refractivity contribution in [3.63, 3.8) is 0 Å². The summed E-state index contributed by atoms with van der Waals surface area (Å²) in [5.74, 6) is 0.401. The first-order valence-electron chi connectivity index (χ1n) is 9.93. The molecule has 142 valence electrons. The van der Waals surface area contributed by atoms with Gasteiger partial charge in [0.1, 0.15) is 0 Å². The minimum atomic E-state index is 0.401. The normalized spacial score (nSPS) is 18.6. The van der Waals surface area contributed by atoms with Gasteiger partial charge in [-0.05, 0) is 62.2 Å². The molecule has 4 rings (SSSR count). The van der Waals surface area contributed by atoms with Crippen molar-refractivity contribution < 1.29 is 0 Å². The first kappa shape index (κ1) is 18.5. The highest BCUT2D eigenvalue weighted by atomic mass is 35.5. The van der Waals surface area contributed by atoms with Crippen LogP contribution in [-0.4, -0.2) is 28.0 Å². The van der Waals surface area contributed by atoms with Gasteiger partial charge in [-0.25, -0.2) is 0 Å². The second-order valence-corrected chi connectivity index (χ2v) is 8.36. The third kappa shape index (κ3) is 3.28. The summed E-state index contributed by atoms with van der Waals surface area (Å²) in [6.07, 6.45) is 4.24. The fraction of sp³-hybridized carbons (Fsp3) is 0.435. The highest BCUT2D eigenvalue weighted by Gasteiger charge is 2.30. The van der Waals surface area contributed by atoms with Crippen LogP contribution in [-0.2, 0) is 13.0 Å². The van der Waals surface area contributed by atoms with Crippen molar-refractivity contribution in [2.45, 2.75) is 52.1 Å². The molecule has 1 aliphatic rings. The number of hydrogen-bond donors (Lipinski definition) is 0. The molecule has 0 amide bonds. The number of aromatic nitrogens is 2. The van der Waals surface area contributed by atoms with E-state index < -0.39 is 0 Å². The monoisotopic (exact) mass is 381 g/mol. The third-order valence-corrected chi connectivity index (χ3v) is 6.32. The first-order valence-corrected chi connectivity index (χ1v) is 10.3. The fourth-order valence-corrected chi connectivity index (χ4v) is 4.74. The quantitative estimate of drug-likeness (QED) is 0.574. The third-order valence-electron chi connectivity index (χ3n) is 6.08. The Hall–Kier alpha value is -1.84. The van der Waals surface area contributed by atoms with Gasteiger partial charge in [0.05, 0.1) is 0 Å². The molecule has 2 atom stereocenters.